The van der Waals surface area contributed by atoms with Crippen molar-refractivity contribution in [2.24, 2.45) is 5.92 Å². The summed E-state index contributed by atoms with van der Waals surface area (Å²) in [6, 6.07) is 6.17. The van der Waals surface area contributed by atoms with Crippen LogP contribution in [0.25, 0.3) is 0 Å². The van der Waals surface area contributed by atoms with Crippen molar-refractivity contribution in [2.75, 3.05) is 20.1 Å². The average molecular weight is 278 g/mol. The van der Waals surface area contributed by atoms with Crippen LogP contribution in [0.3, 0.4) is 0 Å². The summed E-state index contributed by atoms with van der Waals surface area (Å²) in [6.07, 6.45) is 1.48. The highest BCUT2D eigenvalue weighted by molar-refractivity contribution is 5.79. The smallest absolute Gasteiger partial charge is 0.222 e. The molecule has 1 aromatic rings. The summed E-state index contributed by atoms with van der Waals surface area (Å²) < 4.78 is 12.7. The van der Waals surface area contributed by atoms with Crippen molar-refractivity contribution < 1.29 is 14.0 Å². The fourth-order valence-corrected chi connectivity index (χ4v) is 2.35. The van der Waals surface area contributed by atoms with Gasteiger partial charge in [0.15, 0.2) is 0 Å². The third kappa shape index (κ3) is 4.05. The third-order valence-electron chi connectivity index (χ3n) is 3.56. The Hall–Kier alpha value is -1.91. The molecule has 1 unspecified atom stereocenters. The first-order chi connectivity index (χ1) is 9.54. The molecule has 1 heterocycles. The molecule has 0 radical (unpaired) electrons. The lowest BCUT2D eigenvalue weighted by Gasteiger charge is -2.11. The minimum atomic E-state index is -0.270. The molecule has 4 nitrogen and oxygen atoms in total. The fourth-order valence-electron chi connectivity index (χ4n) is 2.35. The standard InChI is InChI=1S/C15H19FN2O2/c1-18-10-12(8-15(18)20)9-17-14(19)7-4-11-2-5-13(16)6-3-11/h2-3,5-6,12H,4,7-10H2,1H3,(H,17,19). The van der Waals surface area contributed by atoms with Crippen LogP contribution in [0.5, 0.6) is 0 Å². The number of hydrogen-bond acceptors (Lipinski definition) is 2. The Bertz CT molecular complexity index is 487. The number of likely N-dealkylation sites (tertiary alicyclic amines) is 1. The minimum Gasteiger partial charge on any atom is -0.356 e. The third-order valence-corrected chi connectivity index (χ3v) is 3.56. The molecule has 0 aromatic heterocycles. The SMILES string of the molecule is CN1CC(CNC(=O)CCc2ccc(F)cc2)CC1=O. The summed E-state index contributed by atoms with van der Waals surface area (Å²) in [6.45, 7) is 1.25. The quantitative estimate of drug-likeness (QED) is 0.884. The summed E-state index contributed by atoms with van der Waals surface area (Å²) >= 11 is 0. The molecule has 2 rings (SSSR count). The second-order valence-electron chi connectivity index (χ2n) is 5.27. The van der Waals surface area contributed by atoms with E-state index in [-0.39, 0.29) is 23.5 Å². The van der Waals surface area contributed by atoms with Gasteiger partial charge in [0, 0.05) is 38.9 Å². The maximum atomic E-state index is 12.7. The molecule has 1 N–H and O–H groups in total. The number of hydrogen-bond donors (Lipinski definition) is 1. The van der Waals surface area contributed by atoms with E-state index in [0.717, 1.165) is 5.56 Å². The molecule has 1 atom stereocenters. The number of carbonyl (C=O) groups is 2. The highest BCUT2D eigenvalue weighted by Gasteiger charge is 2.26. The molecular formula is C15H19FN2O2. The van der Waals surface area contributed by atoms with Crippen molar-refractivity contribution >= 4 is 11.8 Å². The van der Waals surface area contributed by atoms with Crippen LogP contribution in [-0.4, -0.2) is 36.9 Å². The summed E-state index contributed by atoms with van der Waals surface area (Å²) in [5, 5.41) is 2.86. The largest absolute Gasteiger partial charge is 0.356 e. The van der Waals surface area contributed by atoms with E-state index in [1.807, 2.05) is 0 Å². The first kappa shape index (κ1) is 14.5. The van der Waals surface area contributed by atoms with Gasteiger partial charge in [-0.2, -0.15) is 0 Å². The van der Waals surface area contributed by atoms with Gasteiger partial charge in [0.2, 0.25) is 11.8 Å². The van der Waals surface area contributed by atoms with Gasteiger partial charge in [-0.05, 0) is 24.1 Å². The van der Waals surface area contributed by atoms with Crippen molar-refractivity contribution in [2.45, 2.75) is 19.3 Å². The van der Waals surface area contributed by atoms with Gasteiger partial charge in [0.25, 0.3) is 0 Å². The zero-order valence-electron chi connectivity index (χ0n) is 11.6. The maximum absolute atomic E-state index is 12.7. The van der Waals surface area contributed by atoms with Crippen molar-refractivity contribution in [3.63, 3.8) is 0 Å². The van der Waals surface area contributed by atoms with E-state index in [4.69, 9.17) is 0 Å². The van der Waals surface area contributed by atoms with Crippen LogP contribution in [0.2, 0.25) is 0 Å². The van der Waals surface area contributed by atoms with Crippen LogP contribution in [0.1, 0.15) is 18.4 Å². The Kier molecular flexibility index (Phi) is 4.71. The van der Waals surface area contributed by atoms with Crippen LogP contribution < -0.4 is 5.32 Å². The molecule has 5 heteroatoms. The topological polar surface area (TPSA) is 49.4 Å². The number of benzene rings is 1. The van der Waals surface area contributed by atoms with Crippen molar-refractivity contribution in [3.8, 4) is 0 Å². The van der Waals surface area contributed by atoms with Gasteiger partial charge in [-0.3, -0.25) is 9.59 Å². The van der Waals surface area contributed by atoms with Crippen LogP contribution in [0.4, 0.5) is 4.39 Å². The molecule has 1 saturated heterocycles. The summed E-state index contributed by atoms with van der Waals surface area (Å²) in [5.74, 6) is 0.0439. The molecule has 0 aliphatic carbocycles. The second kappa shape index (κ2) is 6.50. The number of halogens is 1. The zero-order chi connectivity index (χ0) is 14.5. The van der Waals surface area contributed by atoms with Gasteiger partial charge in [-0.25, -0.2) is 4.39 Å². The van der Waals surface area contributed by atoms with Crippen LogP contribution in [0, 0.1) is 11.7 Å². The fraction of sp³-hybridized carbons (Fsp3) is 0.467. The van der Waals surface area contributed by atoms with E-state index >= 15 is 0 Å². The van der Waals surface area contributed by atoms with Gasteiger partial charge in [0.1, 0.15) is 5.82 Å². The summed E-state index contributed by atoms with van der Waals surface area (Å²) in [5.41, 5.74) is 0.942. The van der Waals surface area contributed by atoms with E-state index in [2.05, 4.69) is 5.32 Å². The van der Waals surface area contributed by atoms with Crippen molar-refractivity contribution in [3.05, 3.63) is 35.6 Å². The molecule has 0 saturated carbocycles. The first-order valence-corrected chi connectivity index (χ1v) is 6.79. The lowest BCUT2D eigenvalue weighted by molar-refractivity contribution is -0.126. The number of carbonyl (C=O) groups excluding carboxylic acids is 2. The molecule has 1 aliphatic rings. The Balaban J connectivity index is 1.68. The maximum Gasteiger partial charge on any atom is 0.222 e. The molecule has 0 bridgehead atoms. The zero-order valence-corrected chi connectivity index (χ0v) is 11.6. The Morgan fingerprint density at radius 3 is 2.70 bits per heavy atom. The molecule has 108 valence electrons. The molecule has 1 fully saturated rings. The van der Waals surface area contributed by atoms with Crippen LogP contribution >= 0.6 is 0 Å². The van der Waals surface area contributed by atoms with Crippen molar-refractivity contribution in [1.29, 1.82) is 0 Å². The Morgan fingerprint density at radius 2 is 2.10 bits per heavy atom. The van der Waals surface area contributed by atoms with E-state index in [1.54, 1.807) is 24.1 Å². The average Bonchev–Trinajstić information content (AvgIpc) is 2.75. The van der Waals surface area contributed by atoms with E-state index in [1.165, 1.54) is 12.1 Å². The highest BCUT2D eigenvalue weighted by Crippen LogP contribution is 2.14. The van der Waals surface area contributed by atoms with Gasteiger partial charge < -0.3 is 10.2 Å². The molecular weight excluding hydrogens is 259 g/mol. The molecule has 1 aromatic carbocycles. The first-order valence-electron chi connectivity index (χ1n) is 6.79. The summed E-state index contributed by atoms with van der Waals surface area (Å²) in [4.78, 5) is 24.8. The van der Waals surface area contributed by atoms with Crippen LogP contribution in [-0.2, 0) is 16.0 Å². The Morgan fingerprint density at radius 1 is 1.40 bits per heavy atom. The molecule has 20 heavy (non-hydrogen) atoms. The predicted octanol–water partition coefficient (Wildman–Crippen LogP) is 1.35. The van der Waals surface area contributed by atoms with Gasteiger partial charge in [-0.1, -0.05) is 12.1 Å². The number of nitrogens with zero attached hydrogens (tertiary/aromatic N) is 1. The van der Waals surface area contributed by atoms with E-state index in [9.17, 15) is 14.0 Å². The lowest BCUT2D eigenvalue weighted by Crippen LogP contribution is -2.30. The number of nitrogens with one attached hydrogen (secondary N) is 1. The van der Waals surface area contributed by atoms with Gasteiger partial charge >= 0.3 is 0 Å². The van der Waals surface area contributed by atoms with Gasteiger partial charge in [0.05, 0.1) is 0 Å². The molecule has 1 aliphatic heterocycles. The monoisotopic (exact) mass is 278 g/mol. The normalized spacial score (nSPS) is 18.4. The van der Waals surface area contributed by atoms with Crippen LogP contribution in [0.15, 0.2) is 24.3 Å². The van der Waals surface area contributed by atoms with Gasteiger partial charge in [-0.15, -0.1) is 0 Å². The van der Waals surface area contributed by atoms with E-state index in [0.29, 0.717) is 32.4 Å². The van der Waals surface area contributed by atoms with E-state index < -0.39 is 0 Å². The summed E-state index contributed by atoms with van der Waals surface area (Å²) in [7, 11) is 1.78. The second-order valence-corrected chi connectivity index (χ2v) is 5.27. The predicted molar refractivity (Wildman–Crippen MR) is 73.5 cm³/mol. The van der Waals surface area contributed by atoms with Crippen molar-refractivity contribution in [1.82, 2.24) is 10.2 Å². The number of aryl methyl sites for hydroxylation is 1. The highest BCUT2D eigenvalue weighted by atomic mass is 19.1. The molecule has 2 amide bonds. The number of rotatable bonds is 5. The molecule has 0 spiro atoms. The minimum absolute atomic E-state index is 0.0312. The number of amides is 2. The lowest BCUT2D eigenvalue weighted by atomic mass is 10.1. The Labute approximate surface area is 118 Å².